The minimum Gasteiger partial charge on any atom is -0.545 e. The molecule has 0 atom stereocenters. The van der Waals surface area contributed by atoms with E-state index in [4.69, 9.17) is 0 Å². The third-order valence-electron chi connectivity index (χ3n) is 2.72. The molecule has 0 aliphatic heterocycles. The Balaban J connectivity index is 6.20. The zero-order chi connectivity index (χ0) is 20.9. The average molecular weight is 403 g/mol. The monoisotopic (exact) mass is 403 g/mol. The number of rotatable bonds is 7. The maximum atomic E-state index is 13.1. The summed E-state index contributed by atoms with van der Waals surface area (Å²) in [5.74, 6) is -40.5. The molecule has 0 radical (unpaired) electrons. The molecule has 0 N–H and O–H groups in total. The Morgan fingerprint density at radius 1 is 0.680 bits per heavy atom. The van der Waals surface area contributed by atoms with Crippen molar-refractivity contribution in [2.45, 2.75) is 42.2 Å². The Bertz CT molecular complexity index is 546. The number of alkyl halides is 13. The van der Waals surface area contributed by atoms with E-state index >= 15 is 0 Å². The lowest BCUT2D eigenvalue weighted by atomic mass is 9.91. The topological polar surface area (TPSA) is 40.1 Å². The number of aliphatic carboxylic acids is 1. The normalized spacial score (nSPS) is 15.2. The van der Waals surface area contributed by atoms with Gasteiger partial charge >= 0.3 is 35.8 Å². The summed E-state index contributed by atoms with van der Waals surface area (Å²) in [4.78, 5) is 10.0. The van der Waals surface area contributed by atoms with Crippen LogP contribution in [0, 0.1) is 0 Å². The van der Waals surface area contributed by atoms with Gasteiger partial charge in [-0.3, -0.25) is 0 Å². The zero-order valence-electron chi connectivity index (χ0n) is 11.1. The fraction of sp³-hybridized carbons (Fsp3) is 0.700. The lowest BCUT2D eigenvalue weighted by molar-refractivity contribution is -0.439. The second-order valence-corrected chi connectivity index (χ2v) is 4.57. The van der Waals surface area contributed by atoms with Crippen LogP contribution in [0.1, 0.15) is 6.42 Å². The highest BCUT2D eigenvalue weighted by atomic mass is 19.4. The molecule has 15 heteroatoms. The van der Waals surface area contributed by atoms with Gasteiger partial charge in [0.2, 0.25) is 0 Å². The molecule has 148 valence electrons. The summed E-state index contributed by atoms with van der Waals surface area (Å²) < 4.78 is 164. The Labute approximate surface area is 128 Å². The van der Waals surface area contributed by atoms with Crippen molar-refractivity contribution in [1.29, 1.82) is 0 Å². The molecule has 0 fully saturated rings. The molecule has 0 unspecified atom stereocenters. The maximum absolute atomic E-state index is 13.1. The van der Waals surface area contributed by atoms with E-state index in [0.717, 1.165) is 0 Å². The molecule has 0 saturated heterocycles. The Kier molecular flexibility index (Phi) is 5.53. The van der Waals surface area contributed by atoms with Crippen LogP contribution in [0.2, 0.25) is 0 Å². The number of hydrogen-bond donors (Lipinski definition) is 0. The molecule has 0 amide bonds. The Morgan fingerprint density at radius 2 is 1.00 bits per heavy atom. The van der Waals surface area contributed by atoms with E-state index in [1.807, 2.05) is 0 Å². The number of hydrogen-bond acceptors (Lipinski definition) is 2. The van der Waals surface area contributed by atoms with Crippen LogP contribution in [0.15, 0.2) is 12.2 Å². The van der Waals surface area contributed by atoms with Crippen LogP contribution in [0.4, 0.5) is 57.1 Å². The second kappa shape index (κ2) is 5.93. The highest BCUT2D eigenvalue weighted by Crippen LogP contribution is 2.60. The highest BCUT2D eigenvalue weighted by molar-refractivity contribution is 5.83. The average Bonchev–Trinajstić information content (AvgIpc) is 2.35. The second-order valence-electron chi connectivity index (χ2n) is 4.57. The number of halogens is 13. The molecule has 0 aromatic carbocycles. The van der Waals surface area contributed by atoms with Crippen LogP contribution in [-0.4, -0.2) is 41.8 Å². The largest absolute Gasteiger partial charge is 0.545 e. The van der Waals surface area contributed by atoms with E-state index in [-0.39, 0.29) is 0 Å². The van der Waals surface area contributed by atoms with Crippen molar-refractivity contribution in [1.82, 2.24) is 0 Å². The van der Waals surface area contributed by atoms with Gasteiger partial charge in [0.25, 0.3) is 0 Å². The Hall–Kier alpha value is -1.70. The number of carbonyl (C=O) groups excluding carboxylic acids is 1. The van der Waals surface area contributed by atoms with Gasteiger partial charge in [0, 0.05) is 6.42 Å². The number of carboxylic acid groups (broad SMARTS) is 1. The van der Waals surface area contributed by atoms with Gasteiger partial charge in [-0.2, -0.15) is 57.1 Å². The van der Waals surface area contributed by atoms with Crippen LogP contribution < -0.4 is 5.11 Å². The van der Waals surface area contributed by atoms with E-state index in [1.165, 1.54) is 0 Å². The van der Waals surface area contributed by atoms with E-state index in [2.05, 4.69) is 6.58 Å². The maximum Gasteiger partial charge on any atom is 0.460 e. The summed E-state index contributed by atoms with van der Waals surface area (Å²) in [5, 5.41) is 10.0. The molecule has 0 bridgehead atoms. The highest BCUT2D eigenvalue weighted by Gasteiger charge is 2.90. The molecule has 0 aliphatic carbocycles. The first kappa shape index (κ1) is 23.3. The molecule has 0 aliphatic rings. The van der Waals surface area contributed by atoms with Crippen molar-refractivity contribution in [3.05, 3.63) is 12.2 Å². The standard InChI is InChI=1S/C10H5F13O2/c1-3(4(24)25)2-5(11,12)6(13,14)7(15,16)8(17,18)9(19,20)10(21,22)23/h1-2H2,(H,24,25)/p-1. The summed E-state index contributed by atoms with van der Waals surface area (Å²) in [6.45, 7) is 2.15. The minimum absolute atomic E-state index is 2.04. The van der Waals surface area contributed by atoms with Gasteiger partial charge in [0.1, 0.15) is 0 Å². The summed E-state index contributed by atoms with van der Waals surface area (Å²) >= 11 is 0. The van der Waals surface area contributed by atoms with E-state index in [1.54, 1.807) is 0 Å². The molecular weight excluding hydrogens is 399 g/mol. The first-order valence-electron chi connectivity index (χ1n) is 5.43. The SMILES string of the molecule is C=C(CC(F)(F)C(F)(F)C(F)(F)C(F)(F)C(F)(F)C(F)(F)F)C(=O)[O-]. The van der Waals surface area contributed by atoms with Crippen LogP contribution in [0.25, 0.3) is 0 Å². The molecule has 2 nitrogen and oxygen atoms in total. The van der Waals surface area contributed by atoms with Crippen molar-refractivity contribution in [3.63, 3.8) is 0 Å². The smallest absolute Gasteiger partial charge is 0.460 e. The lowest BCUT2D eigenvalue weighted by Crippen LogP contribution is -2.70. The molecule has 0 spiro atoms. The first-order chi connectivity index (χ1) is 10.6. The summed E-state index contributed by atoms with van der Waals surface area (Å²) in [6.07, 6.45) is -10.5. The molecule has 0 saturated carbocycles. The van der Waals surface area contributed by atoms with Crippen molar-refractivity contribution < 1.29 is 67.0 Å². The van der Waals surface area contributed by atoms with Gasteiger partial charge in [-0.1, -0.05) is 6.58 Å². The van der Waals surface area contributed by atoms with Gasteiger partial charge in [-0.25, -0.2) is 0 Å². The molecular formula is C10H4F13O2-. The molecule has 25 heavy (non-hydrogen) atoms. The number of carbonyl (C=O) groups is 1. The van der Waals surface area contributed by atoms with Gasteiger partial charge < -0.3 is 9.90 Å². The fourth-order valence-electron chi connectivity index (χ4n) is 1.25. The van der Waals surface area contributed by atoms with E-state index < -0.39 is 53.8 Å². The minimum atomic E-state index is -8.02. The van der Waals surface area contributed by atoms with Crippen LogP contribution >= 0.6 is 0 Å². The molecule has 0 aromatic heterocycles. The van der Waals surface area contributed by atoms with Crippen molar-refractivity contribution in [2.75, 3.05) is 0 Å². The van der Waals surface area contributed by atoms with Gasteiger partial charge in [0.15, 0.2) is 0 Å². The lowest BCUT2D eigenvalue weighted by Gasteiger charge is -2.39. The third kappa shape index (κ3) is 3.36. The van der Waals surface area contributed by atoms with Gasteiger partial charge in [0.05, 0.1) is 5.97 Å². The number of carboxylic acids is 1. The van der Waals surface area contributed by atoms with Crippen LogP contribution in [-0.2, 0) is 4.79 Å². The molecule has 0 heterocycles. The van der Waals surface area contributed by atoms with Gasteiger partial charge in [-0.05, 0) is 5.57 Å². The van der Waals surface area contributed by atoms with Crippen molar-refractivity contribution in [3.8, 4) is 0 Å². The van der Waals surface area contributed by atoms with Gasteiger partial charge in [-0.15, -0.1) is 0 Å². The first-order valence-corrected chi connectivity index (χ1v) is 5.43. The predicted octanol–water partition coefficient (Wildman–Crippen LogP) is 3.42. The zero-order valence-corrected chi connectivity index (χ0v) is 11.1. The van der Waals surface area contributed by atoms with Crippen molar-refractivity contribution in [2.24, 2.45) is 0 Å². The summed E-state index contributed by atoms with van der Waals surface area (Å²) in [6, 6.07) is 0. The summed E-state index contributed by atoms with van der Waals surface area (Å²) in [7, 11) is 0. The third-order valence-corrected chi connectivity index (χ3v) is 2.72. The van der Waals surface area contributed by atoms with E-state index in [9.17, 15) is 67.0 Å². The van der Waals surface area contributed by atoms with Crippen LogP contribution in [0.3, 0.4) is 0 Å². The van der Waals surface area contributed by atoms with E-state index in [0.29, 0.717) is 0 Å². The van der Waals surface area contributed by atoms with Crippen LogP contribution in [0.5, 0.6) is 0 Å². The predicted molar refractivity (Wildman–Crippen MR) is 49.6 cm³/mol. The molecule has 0 aromatic rings. The summed E-state index contributed by atoms with van der Waals surface area (Å²) in [5.41, 5.74) is -2.04. The fourth-order valence-corrected chi connectivity index (χ4v) is 1.25. The Morgan fingerprint density at radius 3 is 1.28 bits per heavy atom. The molecule has 0 rings (SSSR count). The van der Waals surface area contributed by atoms with Crippen molar-refractivity contribution >= 4 is 5.97 Å². The quantitative estimate of drug-likeness (QED) is 0.483.